The zero-order valence-corrected chi connectivity index (χ0v) is 13.2. The van der Waals surface area contributed by atoms with Crippen molar-refractivity contribution in [2.45, 2.75) is 12.3 Å². The van der Waals surface area contributed by atoms with Gasteiger partial charge >= 0.3 is 0 Å². The maximum atomic E-state index is 5.19. The molecule has 106 valence electrons. The number of benzene rings is 2. The van der Waals surface area contributed by atoms with Crippen LogP contribution in [-0.2, 0) is 12.3 Å². The molecule has 0 fully saturated rings. The molecule has 2 rings (SSSR count). The second-order valence-electron chi connectivity index (χ2n) is 4.87. The molecule has 0 heterocycles. The molecular weight excluding hydrogens is 267 g/mol. The Morgan fingerprint density at radius 3 is 1.35 bits per heavy atom. The van der Waals surface area contributed by atoms with Gasteiger partial charge in [0.25, 0.3) is 0 Å². The lowest BCUT2D eigenvalue weighted by Crippen LogP contribution is -1.89. The highest BCUT2D eigenvalue weighted by atomic mass is 31.1. The van der Waals surface area contributed by atoms with Crippen LogP contribution in [0.2, 0.25) is 0 Å². The molecule has 0 atom stereocenters. The molecule has 0 bridgehead atoms. The average molecular weight is 288 g/mol. The summed E-state index contributed by atoms with van der Waals surface area (Å²) in [7, 11) is 3.36. The highest BCUT2D eigenvalue weighted by Crippen LogP contribution is 2.39. The van der Waals surface area contributed by atoms with Gasteiger partial charge in [0.15, 0.2) is 0 Å². The minimum absolute atomic E-state index is 0.0426. The third-order valence-electron chi connectivity index (χ3n) is 3.22. The number of ether oxygens (including phenoxy) is 2. The maximum absolute atomic E-state index is 5.19. The van der Waals surface area contributed by atoms with Gasteiger partial charge in [0.05, 0.1) is 14.2 Å². The SMILES string of the molecule is COc1ccc(CP(C)Cc2ccc(OC)cc2)cc1. The fourth-order valence-electron chi connectivity index (χ4n) is 2.14. The summed E-state index contributed by atoms with van der Waals surface area (Å²) < 4.78 is 10.4. The summed E-state index contributed by atoms with van der Waals surface area (Å²) in [6.45, 7) is 2.35. The van der Waals surface area contributed by atoms with Crippen molar-refractivity contribution in [3.63, 3.8) is 0 Å². The molecule has 0 amide bonds. The lowest BCUT2D eigenvalue weighted by molar-refractivity contribution is 0.414. The summed E-state index contributed by atoms with van der Waals surface area (Å²) in [4.78, 5) is 0. The Balaban J connectivity index is 1.91. The molecule has 0 aliphatic heterocycles. The molecule has 0 saturated carbocycles. The summed E-state index contributed by atoms with van der Waals surface area (Å²) in [6.07, 6.45) is 2.29. The van der Waals surface area contributed by atoms with Crippen LogP contribution < -0.4 is 9.47 Å². The van der Waals surface area contributed by atoms with Crippen LogP contribution >= 0.6 is 7.92 Å². The van der Waals surface area contributed by atoms with Crippen LogP contribution in [0.25, 0.3) is 0 Å². The Labute approximate surface area is 122 Å². The minimum atomic E-state index is -0.0426. The first-order valence-electron chi connectivity index (χ1n) is 6.65. The normalized spacial score (nSPS) is 10.6. The highest BCUT2D eigenvalue weighted by molar-refractivity contribution is 7.55. The molecule has 0 unspecified atom stereocenters. The van der Waals surface area contributed by atoms with E-state index in [9.17, 15) is 0 Å². The quantitative estimate of drug-likeness (QED) is 0.728. The molecule has 0 spiro atoms. The summed E-state index contributed by atoms with van der Waals surface area (Å²) >= 11 is 0. The van der Waals surface area contributed by atoms with Gasteiger partial charge in [-0.25, -0.2) is 0 Å². The maximum Gasteiger partial charge on any atom is 0.118 e. The van der Waals surface area contributed by atoms with Gasteiger partial charge in [0.1, 0.15) is 11.5 Å². The van der Waals surface area contributed by atoms with Crippen LogP contribution in [-0.4, -0.2) is 20.9 Å². The molecule has 2 nitrogen and oxygen atoms in total. The van der Waals surface area contributed by atoms with Gasteiger partial charge in [-0.1, -0.05) is 24.3 Å². The summed E-state index contributed by atoms with van der Waals surface area (Å²) in [6, 6.07) is 16.8. The van der Waals surface area contributed by atoms with Gasteiger partial charge in [-0.05, 0) is 54.4 Å². The molecule has 20 heavy (non-hydrogen) atoms. The number of rotatable bonds is 6. The van der Waals surface area contributed by atoms with Crippen molar-refractivity contribution in [2.75, 3.05) is 20.9 Å². The predicted molar refractivity (Wildman–Crippen MR) is 86.2 cm³/mol. The Hall–Kier alpha value is -1.53. The molecule has 2 aromatic rings. The van der Waals surface area contributed by atoms with Crippen LogP contribution in [0.15, 0.2) is 48.5 Å². The molecule has 0 N–H and O–H groups in total. The zero-order chi connectivity index (χ0) is 14.4. The Kier molecular flexibility index (Phi) is 5.43. The molecule has 0 aromatic heterocycles. The molecular formula is C17H21O2P. The van der Waals surface area contributed by atoms with E-state index in [1.165, 1.54) is 11.1 Å². The fourth-order valence-corrected chi connectivity index (χ4v) is 3.92. The predicted octanol–water partition coefficient (Wildman–Crippen LogP) is 4.52. The van der Waals surface area contributed by atoms with E-state index in [1.54, 1.807) is 14.2 Å². The second kappa shape index (κ2) is 7.31. The molecule has 3 heteroatoms. The van der Waals surface area contributed by atoms with E-state index in [2.05, 4.69) is 30.9 Å². The summed E-state index contributed by atoms with van der Waals surface area (Å²) in [5.41, 5.74) is 2.76. The van der Waals surface area contributed by atoms with E-state index in [0.29, 0.717) is 0 Å². The van der Waals surface area contributed by atoms with Crippen LogP contribution in [0, 0.1) is 0 Å². The van der Waals surface area contributed by atoms with Crippen molar-refractivity contribution in [1.82, 2.24) is 0 Å². The number of hydrogen-bond acceptors (Lipinski definition) is 2. The zero-order valence-electron chi connectivity index (χ0n) is 12.3. The molecule has 2 aromatic carbocycles. The van der Waals surface area contributed by atoms with E-state index >= 15 is 0 Å². The van der Waals surface area contributed by atoms with Crippen molar-refractivity contribution in [3.05, 3.63) is 59.7 Å². The molecule has 0 saturated heterocycles. The van der Waals surface area contributed by atoms with Gasteiger partial charge < -0.3 is 9.47 Å². The van der Waals surface area contributed by atoms with Gasteiger partial charge in [0.2, 0.25) is 0 Å². The van der Waals surface area contributed by atoms with E-state index in [4.69, 9.17) is 9.47 Å². The largest absolute Gasteiger partial charge is 0.497 e. The molecule has 0 aliphatic rings. The van der Waals surface area contributed by atoms with Crippen molar-refractivity contribution >= 4 is 7.92 Å². The summed E-state index contributed by atoms with van der Waals surface area (Å²) in [5, 5.41) is 0. The fraction of sp³-hybridized carbons (Fsp3) is 0.294. The van der Waals surface area contributed by atoms with Crippen molar-refractivity contribution in [2.24, 2.45) is 0 Å². The Morgan fingerprint density at radius 1 is 0.700 bits per heavy atom. The second-order valence-corrected chi connectivity index (χ2v) is 7.21. The number of methoxy groups -OCH3 is 2. The molecule has 0 radical (unpaired) electrons. The van der Waals surface area contributed by atoms with E-state index < -0.39 is 0 Å². The first-order valence-corrected chi connectivity index (χ1v) is 8.81. The van der Waals surface area contributed by atoms with Crippen LogP contribution in [0.5, 0.6) is 11.5 Å². The topological polar surface area (TPSA) is 18.5 Å². The van der Waals surface area contributed by atoms with Gasteiger partial charge in [-0.2, -0.15) is 0 Å². The monoisotopic (exact) mass is 288 g/mol. The van der Waals surface area contributed by atoms with Crippen LogP contribution in [0.3, 0.4) is 0 Å². The van der Waals surface area contributed by atoms with Crippen LogP contribution in [0.1, 0.15) is 11.1 Å². The molecule has 0 aliphatic carbocycles. The van der Waals surface area contributed by atoms with E-state index in [-0.39, 0.29) is 7.92 Å². The van der Waals surface area contributed by atoms with Gasteiger partial charge in [-0.15, -0.1) is 7.92 Å². The van der Waals surface area contributed by atoms with Crippen molar-refractivity contribution in [3.8, 4) is 11.5 Å². The van der Waals surface area contributed by atoms with Crippen LogP contribution in [0.4, 0.5) is 0 Å². The highest BCUT2D eigenvalue weighted by Gasteiger charge is 2.05. The smallest absolute Gasteiger partial charge is 0.118 e. The first-order chi connectivity index (χ1) is 9.71. The van der Waals surface area contributed by atoms with E-state index in [1.807, 2.05) is 24.3 Å². The number of hydrogen-bond donors (Lipinski definition) is 0. The summed E-state index contributed by atoms with van der Waals surface area (Å²) in [5.74, 6) is 1.84. The third-order valence-corrected chi connectivity index (χ3v) is 5.03. The van der Waals surface area contributed by atoms with Gasteiger partial charge in [0, 0.05) is 0 Å². The third kappa shape index (κ3) is 4.25. The Morgan fingerprint density at radius 2 is 1.05 bits per heavy atom. The lowest BCUT2D eigenvalue weighted by atomic mass is 10.2. The van der Waals surface area contributed by atoms with E-state index in [0.717, 1.165) is 23.8 Å². The van der Waals surface area contributed by atoms with Gasteiger partial charge in [-0.3, -0.25) is 0 Å². The standard InChI is InChI=1S/C17H21O2P/c1-18-16-8-4-14(5-9-16)12-20(3)13-15-6-10-17(19-2)11-7-15/h4-11H,12-13H2,1-3H3. The first kappa shape index (κ1) is 14.9. The van der Waals surface area contributed by atoms with Crippen molar-refractivity contribution in [1.29, 1.82) is 0 Å². The average Bonchev–Trinajstić information content (AvgIpc) is 2.49. The lowest BCUT2D eigenvalue weighted by Gasteiger charge is -2.13. The van der Waals surface area contributed by atoms with Crippen molar-refractivity contribution < 1.29 is 9.47 Å². The minimum Gasteiger partial charge on any atom is -0.497 e. The Bertz CT molecular complexity index is 470.